The summed E-state index contributed by atoms with van der Waals surface area (Å²) in [4.78, 5) is 59.3. The fourth-order valence-corrected chi connectivity index (χ4v) is 7.87. The Kier molecular flexibility index (Phi) is 9.18. The van der Waals surface area contributed by atoms with Crippen LogP contribution in [0.25, 0.3) is 0 Å². The van der Waals surface area contributed by atoms with E-state index in [0.717, 1.165) is 11.1 Å². The number of nitrogens with one attached hydrogen (secondary N) is 1. The smallest absolute Gasteiger partial charge is 0.313 e. The van der Waals surface area contributed by atoms with E-state index in [0.29, 0.717) is 22.2 Å². The predicted molar refractivity (Wildman–Crippen MR) is 174 cm³/mol. The number of halogens is 1. The van der Waals surface area contributed by atoms with Crippen molar-refractivity contribution >= 4 is 45.3 Å². The lowest BCUT2D eigenvalue weighted by molar-refractivity contribution is -0.159. The van der Waals surface area contributed by atoms with Gasteiger partial charge in [-0.2, -0.15) is 0 Å². The molecule has 2 aromatic carbocycles. The highest BCUT2D eigenvalue weighted by Gasteiger charge is 2.75. The molecule has 242 valence electrons. The minimum atomic E-state index is -1.43. The molecule has 1 spiro atoms. The fourth-order valence-electron chi connectivity index (χ4n) is 7.13. The molecule has 6 atom stereocenters. The maximum atomic E-state index is 14.9. The van der Waals surface area contributed by atoms with Crippen molar-refractivity contribution in [2.75, 3.05) is 31.1 Å². The molecule has 2 saturated heterocycles. The number of likely N-dealkylation sites (tertiary alicyclic amines) is 1. The molecule has 0 radical (unpaired) electrons. The summed E-state index contributed by atoms with van der Waals surface area (Å²) in [6.45, 7) is 4.06. The number of cyclic esters (lactones) is 1. The highest BCUT2D eigenvalue weighted by atomic mass is 79.9. The highest BCUT2D eigenvalue weighted by molar-refractivity contribution is 9.11. The van der Waals surface area contributed by atoms with Crippen LogP contribution in [0.15, 0.2) is 71.2 Å². The minimum Gasteiger partial charge on any atom is -0.455 e. The van der Waals surface area contributed by atoms with Gasteiger partial charge in [-0.05, 0) is 55.5 Å². The van der Waals surface area contributed by atoms with Crippen molar-refractivity contribution < 1.29 is 33.8 Å². The second kappa shape index (κ2) is 13.1. The van der Waals surface area contributed by atoms with E-state index < -0.39 is 47.6 Å². The molecular formula is C35H38BrN3O7. The molecule has 0 aliphatic carbocycles. The highest BCUT2D eigenvalue weighted by Crippen LogP contribution is 2.59. The third kappa shape index (κ3) is 5.69. The van der Waals surface area contributed by atoms with Gasteiger partial charge in [-0.3, -0.25) is 19.2 Å². The van der Waals surface area contributed by atoms with Crippen molar-refractivity contribution in [3.05, 3.63) is 87.9 Å². The average molecular weight is 693 g/mol. The second-order valence-electron chi connectivity index (χ2n) is 12.3. The summed E-state index contributed by atoms with van der Waals surface area (Å²) in [5.74, 6) is -3.65. The number of rotatable bonds is 5. The van der Waals surface area contributed by atoms with Crippen LogP contribution >= 0.6 is 15.9 Å². The number of ether oxygens (including phenoxy) is 2. The average Bonchev–Trinajstić information content (AvgIpc) is 3.64. The predicted octanol–water partition coefficient (Wildman–Crippen LogP) is 3.64. The normalized spacial score (nSPS) is 30.6. The lowest BCUT2D eigenvalue weighted by Crippen LogP contribution is -2.56. The number of anilines is 1. The maximum Gasteiger partial charge on any atom is 0.313 e. The van der Waals surface area contributed by atoms with Crippen LogP contribution in [0.1, 0.15) is 42.1 Å². The summed E-state index contributed by atoms with van der Waals surface area (Å²) in [6, 6.07) is 13.9. The Hall–Kier alpha value is -3.80. The largest absolute Gasteiger partial charge is 0.455 e. The first-order chi connectivity index (χ1) is 22.2. The molecule has 0 saturated carbocycles. The van der Waals surface area contributed by atoms with E-state index in [-0.39, 0.29) is 50.9 Å². The van der Waals surface area contributed by atoms with Gasteiger partial charge in [-0.25, -0.2) is 0 Å². The number of benzene rings is 2. The van der Waals surface area contributed by atoms with E-state index in [1.807, 2.05) is 74.5 Å². The van der Waals surface area contributed by atoms with Gasteiger partial charge in [-0.15, -0.1) is 0 Å². The number of allylic oxidation sites excluding steroid dienone is 1. The lowest BCUT2D eigenvalue weighted by Gasteiger charge is -2.36. The molecule has 6 rings (SSSR count). The van der Waals surface area contributed by atoms with E-state index >= 15 is 0 Å². The first-order valence-corrected chi connectivity index (χ1v) is 16.5. The van der Waals surface area contributed by atoms with Crippen LogP contribution in [0.5, 0.6) is 0 Å². The molecule has 2 fully saturated rings. The van der Waals surface area contributed by atoms with E-state index in [4.69, 9.17) is 9.47 Å². The van der Waals surface area contributed by atoms with Gasteiger partial charge >= 0.3 is 5.97 Å². The number of amides is 3. The van der Waals surface area contributed by atoms with Gasteiger partial charge < -0.3 is 29.7 Å². The fraction of sp³-hybridized carbons (Fsp3) is 0.429. The molecule has 46 heavy (non-hydrogen) atoms. The Labute approximate surface area is 276 Å². The van der Waals surface area contributed by atoms with Gasteiger partial charge in [0.25, 0.3) is 5.91 Å². The zero-order chi connectivity index (χ0) is 32.6. The molecule has 0 aromatic heterocycles. The molecule has 4 aliphatic heterocycles. The standard InChI is InChI=1S/C35H38BrN3O7/c1-21-13-14-22(2)25(18-21)38-15-8-4-7-12-27(41)37-20-26(23-10-5-3-6-11-23)45-34(44)28-29-32(42)39(16-9-17-40)31(33(38)43)35(29)19-24(36)30(28)46-35/h3-6,8,10-11,13-14,18-19,26,28-31,40H,7,9,12,15-17,20H2,1-2H3,(H,37,41)/b8-4-/t26-,28-,29+,30-,31-,35+/m1/s1. The van der Waals surface area contributed by atoms with Crippen molar-refractivity contribution in [1.29, 1.82) is 0 Å². The number of carbonyl (C=O) groups is 4. The third-order valence-corrected chi connectivity index (χ3v) is 10.00. The molecule has 4 aliphatic rings. The zero-order valence-corrected chi connectivity index (χ0v) is 27.4. The van der Waals surface area contributed by atoms with E-state index in [1.165, 1.54) is 4.90 Å². The molecule has 4 heterocycles. The molecule has 5 bridgehead atoms. The van der Waals surface area contributed by atoms with Crippen LogP contribution in [-0.2, 0) is 28.7 Å². The Balaban J connectivity index is 1.46. The Morgan fingerprint density at radius 2 is 1.83 bits per heavy atom. The van der Waals surface area contributed by atoms with E-state index in [9.17, 15) is 24.3 Å². The Bertz CT molecular complexity index is 1590. The van der Waals surface area contributed by atoms with Crippen molar-refractivity contribution in [2.45, 2.75) is 57.0 Å². The molecule has 3 amide bonds. The van der Waals surface area contributed by atoms with Crippen molar-refractivity contribution in [3.63, 3.8) is 0 Å². The molecule has 10 nitrogen and oxygen atoms in total. The summed E-state index contributed by atoms with van der Waals surface area (Å²) in [7, 11) is 0. The van der Waals surface area contributed by atoms with Gasteiger partial charge in [0.05, 0.1) is 12.5 Å². The number of esters is 1. The Morgan fingerprint density at radius 3 is 2.59 bits per heavy atom. The minimum absolute atomic E-state index is 0.0570. The van der Waals surface area contributed by atoms with E-state index in [2.05, 4.69) is 21.2 Å². The monoisotopic (exact) mass is 691 g/mol. The summed E-state index contributed by atoms with van der Waals surface area (Å²) < 4.78 is 13.3. The van der Waals surface area contributed by atoms with Crippen LogP contribution in [0.4, 0.5) is 5.69 Å². The van der Waals surface area contributed by atoms with Crippen LogP contribution in [0.2, 0.25) is 0 Å². The summed E-state index contributed by atoms with van der Waals surface area (Å²) in [5, 5.41) is 12.6. The third-order valence-electron chi connectivity index (χ3n) is 9.32. The van der Waals surface area contributed by atoms with Crippen LogP contribution in [0, 0.1) is 25.7 Å². The van der Waals surface area contributed by atoms with E-state index in [1.54, 1.807) is 11.0 Å². The number of nitrogens with zero attached hydrogens (tertiary/aromatic N) is 2. The van der Waals surface area contributed by atoms with Crippen LogP contribution in [-0.4, -0.2) is 77.7 Å². The number of carbonyl (C=O) groups excluding carboxylic acids is 4. The number of fused-ring (bicyclic) bond motifs is 2. The Morgan fingerprint density at radius 1 is 1.04 bits per heavy atom. The molecule has 2 aromatic rings. The molecule has 0 unspecified atom stereocenters. The van der Waals surface area contributed by atoms with Gasteiger partial charge in [-0.1, -0.05) is 70.5 Å². The number of aliphatic hydroxyl groups is 1. The van der Waals surface area contributed by atoms with Gasteiger partial charge in [0.1, 0.15) is 29.8 Å². The molecule has 2 N–H and O–H groups in total. The van der Waals surface area contributed by atoms with Crippen molar-refractivity contribution in [3.8, 4) is 0 Å². The first kappa shape index (κ1) is 32.2. The van der Waals surface area contributed by atoms with Crippen LogP contribution < -0.4 is 10.2 Å². The summed E-state index contributed by atoms with van der Waals surface area (Å²) >= 11 is 3.58. The topological polar surface area (TPSA) is 125 Å². The zero-order valence-electron chi connectivity index (χ0n) is 25.9. The second-order valence-corrected chi connectivity index (χ2v) is 13.2. The van der Waals surface area contributed by atoms with Gasteiger partial charge in [0.2, 0.25) is 11.8 Å². The first-order valence-electron chi connectivity index (χ1n) is 15.7. The van der Waals surface area contributed by atoms with Gasteiger partial charge in [0, 0.05) is 36.3 Å². The van der Waals surface area contributed by atoms with Crippen molar-refractivity contribution in [2.24, 2.45) is 11.8 Å². The maximum absolute atomic E-state index is 14.9. The van der Waals surface area contributed by atoms with Crippen molar-refractivity contribution in [1.82, 2.24) is 10.2 Å². The quantitative estimate of drug-likeness (QED) is 0.362. The molecular weight excluding hydrogens is 654 g/mol. The summed E-state index contributed by atoms with van der Waals surface area (Å²) in [6.07, 6.45) is 4.78. The SMILES string of the molecule is Cc1ccc(C)c(N2C/C=C\CCC(=O)NC[C@H](c3ccccc3)OC(=O)[C@H]3[C@@H]4O[C@@]5(C=C4Br)[C@@H]3C(=O)N(CCCO)[C@@H]5C2=O)c1. The number of aliphatic hydroxyl groups excluding tert-OH is 1. The number of hydrogen-bond acceptors (Lipinski definition) is 7. The van der Waals surface area contributed by atoms with Crippen LogP contribution in [0.3, 0.4) is 0 Å². The number of hydrogen-bond donors (Lipinski definition) is 2. The lowest BCUT2D eigenvalue weighted by atomic mass is 9.74. The molecule has 11 heteroatoms. The van der Waals surface area contributed by atoms with Gasteiger partial charge in [0.15, 0.2) is 0 Å². The summed E-state index contributed by atoms with van der Waals surface area (Å²) in [5.41, 5.74) is 1.80. The number of aryl methyl sites for hydroxylation is 2.